The van der Waals surface area contributed by atoms with E-state index in [9.17, 15) is 44.1 Å². The SMILES string of the molecule is CN(C)c1cc(CN(CC(C)(C)C)C(=O)OCOC(=O)c2ccccc2)c(O)c2c1CC1CC3[C@H](N(C)C)C(=O)C(C(N)=O)=C(O)[C@@]3(O)C(=O)C1C2=O. The molecule has 3 unspecified atom stereocenters. The number of nitrogens with zero attached hydrogens (tertiary/aromatic N) is 3. The molecule has 0 spiro atoms. The Hall–Kier alpha value is -5.28. The van der Waals surface area contributed by atoms with Crippen LogP contribution in [-0.2, 0) is 36.8 Å². The molecule has 284 valence electrons. The van der Waals surface area contributed by atoms with Gasteiger partial charge in [-0.05, 0) is 62.0 Å². The Morgan fingerprint density at radius 3 is 2.19 bits per heavy atom. The minimum Gasteiger partial charge on any atom is -0.508 e. The first-order chi connectivity index (χ1) is 24.7. The Morgan fingerprint density at radius 1 is 0.981 bits per heavy atom. The van der Waals surface area contributed by atoms with Crippen molar-refractivity contribution in [2.75, 3.05) is 46.4 Å². The fraction of sp³-hybridized carbons (Fsp3) is 0.474. The number of phenols is 1. The average molecular weight is 735 g/mol. The number of esters is 1. The average Bonchev–Trinajstić information content (AvgIpc) is 3.06. The molecular formula is C38H46N4O11. The predicted octanol–water partition coefficient (Wildman–Crippen LogP) is 2.36. The number of phenolic OH excluding ortho intramolecular Hbond substituents is 1. The normalized spacial score (nSPS) is 23.9. The molecular weight excluding hydrogens is 688 g/mol. The smallest absolute Gasteiger partial charge is 0.412 e. The highest BCUT2D eigenvalue weighted by molar-refractivity contribution is 6.25. The summed E-state index contributed by atoms with van der Waals surface area (Å²) in [4.78, 5) is 84.8. The summed E-state index contributed by atoms with van der Waals surface area (Å²) in [7, 11) is 6.52. The molecule has 0 aromatic heterocycles. The van der Waals surface area contributed by atoms with Crippen LogP contribution in [0.3, 0.4) is 0 Å². The lowest BCUT2D eigenvalue weighted by molar-refractivity contribution is -0.163. The molecule has 3 aliphatic carbocycles. The van der Waals surface area contributed by atoms with E-state index in [0.717, 1.165) is 0 Å². The van der Waals surface area contributed by atoms with E-state index in [2.05, 4.69) is 0 Å². The maximum atomic E-state index is 14.5. The third kappa shape index (κ3) is 6.98. The minimum atomic E-state index is -2.78. The van der Waals surface area contributed by atoms with Gasteiger partial charge < -0.3 is 40.3 Å². The first-order valence-electron chi connectivity index (χ1n) is 17.1. The van der Waals surface area contributed by atoms with Gasteiger partial charge in [0, 0.05) is 37.8 Å². The van der Waals surface area contributed by atoms with Gasteiger partial charge in [0.15, 0.2) is 23.0 Å². The van der Waals surface area contributed by atoms with E-state index in [1.165, 1.54) is 23.9 Å². The van der Waals surface area contributed by atoms with Crippen LogP contribution in [0.5, 0.6) is 5.75 Å². The van der Waals surface area contributed by atoms with Gasteiger partial charge in [0.25, 0.3) is 5.91 Å². The largest absolute Gasteiger partial charge is 0.508 e. The van der Waals surface area contributed by atoms with Gasteiger partial charge in [-0.25, -0.2) is 9.59 Å². The third-order valence-corrected chi connectivity index (χ3v) is 10.1. The molecule has 1 fully saturated rings. The van der Waals surface area contributed by atoms with E-state index in [0.29, 0.717) is 11.3 Å². The second kappa shape index (κ2) is 14.3. The van der Waals surface area contributed by atoms with Crippen molar-refractivity contribution in [1.82, 2.24) is 9.80 Å². The van der Waals surface area contributed by atoms with Crippen LogP contribution >= 0.6 is 0 Å². The maximum absolute atomic E-state index is 14.5. The number of carbonyl (C=O) groups is 6. The summed E-state index contributed by atoms with van der Waals surface area (Å²) in [6.07, 6.45) is -0.827. The lowest BCUT2D eigenvalue weighted by Gasteiger charge is -2.52. The predicted molar refractivity (Wildman–Crippen MR) is 190 cm³/mol. The van der Waals surface area contributed by atoms with E-state index in [-0.39, 0.29) is 42.6 Å². The summed E-state index contributed by atoms with van der Waals surface area (Å²) in [6.45, 7) is 4.83. The number of likely N-dealkylation sites (N-methyl/N-ethyl adjacent to an activating group) is 1. The molecule has 5 rings (SSSR count). The number of fused-ring (bicyclic) bond motifs is 3. The van der Waals surface area contributed by atoms with Crippen LogP contribution in [0.15, 0.2) is 47.7 Å². The zero-order chi connectivity index (χ0) is 39.3. The van der Waals surface area contributed by atoms with Gasteiger partial charge in [-0.1, -0.05) is 39.0 Å². The van der Waals surface area contributed by atoms with Crippen molar-refractivity contribution < 1.29 is 53.6 Å². The number of aromatic hydroxyl groups is 1. The number of anilines is 1. The van der Waals surface area contributed by atoms with Crippen LogP contribution in [0.1, 0.15) is 59.0 Å². The molecule has 0 bridgehead atoms. The number of hydrogen-bond acceptors (Lipinski definition) is 13. The van der Waals surface area contributed by atoms with Crippen LogP contribution in [0.2, 0.25) is 0 Å². The Balaban J connectivity index is 1.51. The summed E-state index contributed by atoms with van der Waals surface area (Å²) in [5, 5.41) is 34.9. The van der Waals surface area contributed by atoms with E-state index in [4.69, 9.17) is 15.2 Å². The fourth-order valence-corrected chi connectivity index (χ4v) is 7.93. The van der Waals surface area contributed by atoms with Gasteiger partial charge >= 0.3 is 12.1 Å². The topological polar surface area (TPSA) is 217 Å². The zero-order valence-corrected chi connectivity index (χ0v) is 30.8. The van der Waals surface area contributed by atoms with E-state index < -0.39 is 94.0 Å². The molecule has 2 aromatic rings. The fourth-order valence-electron chi connectivity index (χ4n) is 7.93. The van der Waals surface area contributed by atoms with Gasteiger partial charge in [0.2, 0.25) is 6.79 Å². The summed E-state index contributed by atoms with van der Waals surface area (Å²) in [5.74, 6) is -9.96. The molecule has 1 saturated carbocycles. The number of rotatable bonds is 9. The first-order valence-corrected chi connectivity index (χ1v) is 17.1. The number of aliphatic hydroxyl groups excluding tert-OH is 1. The zero-order valence-electron chi connectivity index (χ0n) is 30.8. The van der Waals surface area contributed by atoms with Crippen LogP contribution in [0.4, 0.5) is 10.5 Å². The second-order valence-electron chi connectivity index (χ2n) is 15.5. The maximum Gasteiger partial charge on any atom is 0.412 e. The van der Waals surface area contributed by atoms with Crippen molar-refractivity contribution in [1.29, 1.82) is 0 Å². The Kier molecular flexibility index (Phi) is 10.5. The highest BCUT2D eigenvalue weighted by atomic mass is 16.7. The summed E-state index contributed by atoms with van der Waals surface area (Å²) in [5.41, 5.74) is 2.46. The number of ketones is 3. The second-order valence-corrected chi connectivity index (χ2v) is 15.5. The number of hydrogen-bond donors (Lipinski definition) is 4. The number of Topliss-reactive ketones (excluding diaryl/α,β-unsaturated/α-hetero) is 3. The number of aliphatic hydroxyl groups is 2. The highest BCUT2D eigenvalue weighted by Gasteiger charge is 2.66. The molecule has 0 radical (unpaired) electrons. The summed E-state index contributed by atoms with van der Waals surface area (Å²) < 4.78 is 10.4. The lowest BCUT2D eigenvalue weighted by atomic mass is 9.54. The molecule has 5 atom stereocenters. The minimum absolute atomic E-state index is 0.0573. The standard InChI is InChI=1S/C38H46N4O11/c1-37(2,3)17-42(36(50)53-18-52-35(49)19-11-9-8-10-12-19)16-21-15-24(40(4)5)22-13-20-14-23-28(41(6)7)31(45)27(34(39)48)33(47)38(23,51)32(46)25(20)30(44)26(22)29(21)43/h8-12,15,20,23,25,28,43,47,51H,13-14,16-18H2,1-7H3,(H2,39,48)/t20?,23?,25?,28-,38-/m0/s1. The monoisotopic (exact) mass is 734 g/mol. The summed E-state index contributed by atoms with van der Waals surface area (Å²) in [6, 6.07) is 8.59. The van der Waals surface area contributed by atoms with Gasteiger partial charge in [-0.3, -0.25) is 24.1 Å². The summed E-state index contributed by atoms with van der Waals surface area (Å²) >= 11 is 0. The van der Waals surface area contributed by atoms with Gasteiger partial charge in [0.1, 0.15) is 17.1 Å². The van der Waals surface area contributed by atoms with Gasteiger partial charge in [0.05, 0.1) is 29.6 Å². The number of benzene rings is 2. The molecule has 0 aliphatic heterocycles. The van der Waals surface area contributed by atoms with Crippen molar-refractivity contribution >= 4 is 41.0 Å². The van der Waals surface area contributed by atoms with Crippen LogP contribution in [0.25, 0.3) is 0 Å². The quantitative estimate of drug-likeness (QED) is 0.126. The molecule has 3 aliphatic rings. The molecule has 53 heavy (non-hydrogen) atoms. The van der Waals surface area contributed by atoms with Crippen molar-refractivity contribution in [3.63, 3.8) is 0 Å². The van der Waals surface area contributed by atoms with Crippen LogP contribution < -0.4 is 10.6 Å². The molecule has 0 saturated heterocycles. The number of ether oxygens (including phenoxy) is 2. The van der Waals surface area contributed by atoms with E-state index in [1.807, 2.05) is 20.8 Å². The number of carbonyl (C=O) groups excluding carboxylic acids is 6. The highest BCUT2D eigenvalue weighted by Crippen LogP contribution is 2.53. The Bertz CT molecular complexity index is 1900. The molecule has 2 amide bonds. The number of amides is 2. The molecule has 15 heteroatoms. The number of nitrogens with two attached hydrogens (primary N) is 1. The van der Waals surface area contributed by atoms with Crippen molar-refractivity contribution in [3.8, 4) is 5.75 Å². The van der Waals surface area contributed by atoms with Crippen LogP contribution in [-0.4, -0.2) is 114 Å². The molecule has 0 heterocycles. The van der Waals surface area contributed by atoms with Crippen LogP contribution in [0, 0.1) is 23.2 Å². The van der Waals surface area contributed by atoms with E-state index >= 15 is 0 Å². The van der Waals surface area contributed by atoms with Crippen molar-refractivity contribution in [2.45, 2.75) is 51.8 Å². The third-order valence-electron chi connectivity index (χ3n) is 10.1. The molecule has 5 N–H and O–H groups in total. The molecule has 15 nitrogen and oxygen atoms in total. The number of primary amides is 1. The van der Waals surface area contributed by atoms with Crippen molar-refractivity contribution in [3.05, 3.63) is 70.0 Å². The molecule has 2 aromatic carbocycles. The van der Waals surface area contributed by atoms with E-state index in [1.54, 1.807) is 55.4 Å². The van der Waals surface area contributed by atoms with Gasteiger partial charge in [-0.15, -0.1) is 0 Å². The van der Waals surface area contributed by atoms with Crippen molar-refractivity contribution in [2.24, 2.45) is 28.9 Å². The Morgan fingerprint density at radius 2 is 1.62 bits per heavy atom. The first kappa shape index (κ1) is 38.9. The van der Waals surface area contributed by atoms with Gasteiger partial charge in [-0.2, -0.15) is 0 Å². The Labute approximate surface area is 306 Å². The lowest BCUT2D eigenvalue weighted by Crippen LogP contribution is -2.68.